The quantitative estimate of drug-likeness (QED) is 0.687. The van der Waals surface area contributed by atoms with Crippen molar-refractivity contribution in [3.63, 3.8) is 0 Å². The molecule has 0 atom stereocenters. The summed E-state index contributed by atoms with van der Waals surface area (Å²) in [5.41, 5.74) is 2.82. The predicted octanol–water partition coefficient (Wildman–Crippen LogP) is 3.21. The van der Waals surface area contributed by atoms with Crippen LogP contribution in [0.15, 0.2) is 53.4 Å². The second-order valence-corrected chi connectivity index (χ2v) is 7.81. The van der Waals surface area contributed by atoms with Crippen molar-refractivity contribution < 1.29 is 9.59 Å². The lowest BCUT2D eigenvalue weighted by molar-refractivity contribution is -0.125. The molecule has 27 heavy (non-hydrogen) atoms. The minimum absolute atomic E-state index is 0.0246. The molecule has 2 amide bonds. The van der Waals surface area contributed by atoms with Gasteiger partial charge in [-0.2, -0.15) is 0 Å². The van der Waals surface area contributed by atoms with Crippen molar-refractivity contribution >= 4 is 29.3 Å². The summed E-state index contributed by atoms with van der Waals surface area (Å²) < 4.78 is 0. The van der Waals surface area contributed by atoms with Crippen molar-refractivity contribution in [1.29, 1.82) is 0 Å². The van der Waals surface area contributed by atoms with Gasteiger partial charge in [0.15, 0.2) is 0 Å². The first-order valence-corrected chi connectivity index (χ1v) is 9.72. The van der Waals surface area contributed by atoms with Crippen LogP contribution in [-0.4, -0.2) is 62.6 Å². The fourth-order valence-corrected chi connectivity index (χ4v) is 3.51. The predicted molar refractivity (Wildman–Crippen MR) is 112 cm³/mol. The summed E-state index contributed by atoms with van der Waals surface area (Å²) in [6.45, 7) is 0.530. The third-order valence-electron chi connectivity index (χ3n) is 4.19. The summed E-state index contributed by atoms with van der Waals surface area (Å²) >= 11 is 1.40. The zero-order valence-electron chi connectivity index (χ0n) is 16.6. The number of carbonyl (C=O) groups is 2. The molecule has 0 aliphatic carbocycles. The first kappa shape index (κ1) is 20.8. The molecule has 0 aromatic heterocycles. The van der Waals surface area contributed by atoms with Gasteiger partial charge in [-0.15, -0.1) is 11.8 Å². The Hall–Kier alpha value is -2.47. The van der Waals surface area contributed by atoms with Crippen molar-refractivity contribution in [1.82, 2.24) is 9.80 Å². The van der Waals surface area contributed by atoms with Crippen molar-refractivity contribution in [3.05, 3.63) is 59.7 Å². The van der Waals surface area contributed by atoms with Crippen LogP contribution in [-0.2, 0) is 11.3 Å². The van der Waals surface area contributed by atoms with Crippen molar-refractivity contribution in [2.24, 2.45) is 0 Å². The summed E-state index contributed by atoms with van der Waals surface area (Å²) in [4.78, 5) is 30.9. The number of nitrogens with zero attached hydrogens (tertiary/aromatic N) is 3. The van der Waals surface area contributed by atoms with Crippen LogP contribution in [0.2, 0.25) is 0 Å². The Morgan fingerprint density at radius 3 is 2.11 bits per heavy atom. The molecule has 6 heteroatoms. The molecule has 0 saturated carbocycles. The summed E-state index contributed by atoms with van der Waals surface area (Å²) in [5, 5.41) is 0. The van der Waals surface area contributed by atoms with Crippen LogP contribution >= 0.6 is 11.8 Å². The maximum atomic E-state index is 12.9. The molecule has 0 aliphatic rings. The molecule has 0 radical (unpaired) electrons. The number of benzene rings is 2. The SMILES string of the molecule is CN(C)C(=O)CSc1ccccc1C(=O)N(C)Cc1ccc(N(C)C)cc1. The third-order valence-corrected chi connectivity index (χ3v) is 5.24. The molecule has 5 nitrogen and oxygen atoms in total. The third kappa shape index (κ3) is 5.76. The maximum Gasteiger partial charge on any atom is 0.255 e. The number of rotatable bonds is 7. The lowest BCUT2D eigenvalue weighted by Crippen LogP contribution is -2.27. The van der Waals surface area contributed by atoms with Gasteiger partial charge in [0.05, 0.1) is 11.3 Å². The molecule has 0 saturated heterocycles. The second kappa shape index (κ2) is 9.46. The highest BCUT2D eigenvalue weighted by atomic mass is 32.2. The number of thioether (sulfide) groups is 1. The van der Waals surface area contributed by atoms with E-state index in [4.69, 9.17) is 0 Å². The van der Waals surface area contributed by atoms with Crippen LogP contribution in [0.1, 0.15) is 15.9 Å². The number of hydrogen-bond acceptors (Lipinski definition) is 4. The van der Waals surface area contributed by atoms with Crippen LogP contribution in [0.25, 0.3) is 0 Å². The van der Waals surface area contributed by atoms with Crippen molar-refractivity contribution in [2.45, 2.75) is 11.4 Å². The van der Waals surface area contributed by atoms with E-state index in [-0.39, 0.29) is 11.8 Å². The van der Waals surface area contributed by atoms with Crippen LogP contribution in [0.4, 0.5) is 5.69 Å². The van der Waals surface area contributed by atoms with Crippen molar-refractivity contribution in [3.8, 4) is 0 Å². The van der Waals surface area contributed by atoms with Gasteiger partial charge in [0, 0.05) is 52.4 Å². The van der Waals surface area contributed by atoms with Gasteiger partial charge in [-0.1, -0.05) is 24.3 Å². The van der Waals surface area contributed by atoms with Gasteiger partial charge in [0.1, 0.15) is 0 Å². The van der Waals surface area contributed by atoms with Gasteiger partial charge in [0.25, 0.3) is 5.91 Å². The summed E-state index contributed by atoms with van der Waals surface area (Å²) in [7, 11) is 9.26. The largest absolute Gasteiger partial charge is 0.378 e. The first-order valence-electron chi connectivity index (χ1n) is 8.73. The first-order chi connectivity index (χ1) is 12.8. The molecule has 2 aromatic rings. The van der Waals surface area contributed by atoms with E-state index in [1.165, 1.54) is 11.8 Å². The van der Waals surface area contributed by atoms with Gasteiger partial charge >= 0.3 is 0 Å². The smallest absolute Gasteiger partial charge is 0.255 e. The Morgan fingerprint density at radius 2 is 1.52 bits per heavy atom. The van der Waals surface area contributed by atoms with E-state index >= 15 is 0 Å². The summed E-state index contributed by atoms with van der Waals surface area (Å²) in [6.07, 6.45) is 0. The van der Waals surface area contributed by atoms with Gasteiger partial charge < -0.3 is 14.7 Å². The van der Waals surface area contributed by atoms with Crippen LogP contribution < -0.4 is 4.90 Å². The van der Waals surface area contributed by atoms with E-state index in [2.05, 4.69) is 0 Å². The average Bonchev–Trinajstić information content (AvgIpc) is 2.66. The van der Waals surface area contributed by atoms with Gasteiger partial charge in [-0.05, 0) is 29.8 Å². The Bertz CT molecular complexity index is 788. The topological polar surface area (TPSA) is 43.9 Å². The molecular weight excluding hydrogens is 358 g/mol. The molecular formula is C21H27N3O2S. The van der Waals surface area contributed by atoms with Crippen LogP contribution in [0.5, 0.6) is 0 Å². The van der Waals surface area contributed by atoms with E-state index in [0.29, 0.717) is 17.9 Å². The number of hydrogen-bond donors (Lipinski definition) is 0. The van der Waals surface area contributed by atoms with E-state index in [9.17, 15) is 9.59 Å². The molecule has 0 heterocycles. The highest BCUT2D eigenvalue weighted by Crippen LogP contribution is 2.24. The molecule has 0 N–H and O–H groups in total. The fourth-order valence-electron chi connectivity index (χ4n) is 2.49. The molecule has 0 fully saturated rings. The Morgan fingerprint density at radius 1 is 0.889 bits per heavy atom. The molecule has 0 unspecified atom stereocenters. The molecule has 0 spiro atoms. The van der Waals surface area contributed by atoms with E-state index < -0.39 is 0 Å². The monoisotopic (exact) mass is 385 g/mol. The molecule has 0 aliphatic heterocycles. The molecule has 0 bridgehead atoms. The summed E-state index contributed by atoms with van der Waals surface area (Å²) in [5.74, 6) is 0.288. The Kier molecular flexibility index (Phi) is 7.30. The lowest BCUT2D eigenvalue weighted by atomic mass is 10.1. The Labute approximate surface area is 165 Å². The highest BCUT2D eigenvalue weighted by Gasteiger charge is 2.17. The van der Waals surface area contributed by atoms with Crippen LogP contribution in [0, 0.1) is 0 Å². The van der Waals surface area contributed by atoms with Gasteiger partial charge in [-0.25, -0.2) is 0 Å². The molecule has 2 aromatic carbocycles. The van der Waals surface area contributed by atoms with Crippen molar-refractivity contribution in [2.75, 3.05) is 45.9 Å². The van der Waals surface area contributed by atoms with E-state index in [1.54, 1.807) is 30.9 Å². The number of carbonyl (C=O) groups excluding carboxylic acids is 2. The van der Waals surface area contributed by atoms with Gasteiger partial charge in [-0.3, -0.25) is 9.59 Å². The van der Waals surface area contributed by atoms with Gasteiger partial charge in [0.2, 0.25) is 5.91 Å². The summed E-state index contributed by atoms with van der Waals surface area (Å²) in [6, 6.07) is 15.6. The minimum atomic E-state index is -0.0490. The lowest BCUT2D eigenvalue weighted by Gasteiger charge is -2.20. The second-order valence-electron chi connectivity index (χ2n) is 6.80. The maximum absolute atomic E-state index is 12.9. The van der Waals surface area contributed by atoms with E-state index in [0.717, 1.165) is 16.1 Å². The minimum Gasteiger partial charge on any atom is -0.378 e. The molecule has 2 rings (SSSR count). The number of anilines is 1. The van der Waals surface area contributed by atoms with E-state index in [1.807, 2.05) is 67.5 Å². The molecule has 144 valence electrons. The zero-order chi connectivity index (χ0) is 20.0. The average molecular weight is 386 g/mol. The Balaban J connectivity index is 2.08. The van der Waals surface area contributed by atoms with Crippen LogP contribution in [0.3, 0.4) is 0 Å². The highest BCUT2D eigenvalue weighted by molar-refractivity contribution is 8.00. The number of amides is 2. The fraction of sp³-hybridized carbons (Fsp3) is 0.333. The zero-order valence-corrected chi connectivity index (χ0v) is 17.4. The normalized spacial score (nSPS) is 10.4. The standard InChI is InChI=1S/C21H27N3O2S/c1-22(2)17-12-10-16(11-13-17)14-24(5)21(26)18-8-6-7-9-19(18)27-15-20(25)23(3)4/h6-13H,14-15H2,1-5H3.